The highest BCUT2D eigenvalue weighted by Crippen LogP contribution is 2.38. The zero-order valence-electron chi connectivity index (χ0n) is 22.9. The van der Waals surface area contributed by atoms with Gasteiger partial charge in [0, 0.05) is 63.6 Å². The molecule has 2 aliphatic heterocycles. The van der Waals surface area contributed by atoms with Gasteiger partial charge in [-0.3, -0.25) is 14.4 Å². The number of carbonyl (C=O) groups excluding carboxylic acids is 3. The molecule has 42 heavy (non-hydrogen) atoms. The molecule has 0 saturated carbocycles. The van der Waals surface area contributed by atoms with Gasteiger partial charge in [-0.1, -0.05) is 12.1 Å². The SMILES string of the molecule is CC(=O)N1CCC(C(=O)N2CC[C@@H](N(C)C(=O)c3cc(C(F)(F)F)cc(C(F)(F)F)c3)[C@H](c3ccc(F)cc3)C2)CC1. The summed E-state index contributed by atoms with van der Waals surface area (Å²) in [6.07, 6.45) is -9.08. The zero-order valence-corrected chi connectivity index (χ0v) is 22.9. The van der Waals surface area contributed by atoms with E-state index < -0.39 is 52.7 Å². The number of benzene rings is 2. The maximum Gasteiger partial charge on any atom is 0.416 e. The largest absolute Gasteiger partial charge is 0.416 e. The summed E-state index contributed by atoms with van der Waals surface area (Å²) >= 11 is 0. The van der Waals surface area contributed by atoms with Gasteiger partial charge in [-0.05, 0) is 55.2 Å². The third-order valence-electron chi connectivity index (χ3n) is 8.13. The summed E-state index contributed by atoms with van der Waals surface area (Å²) in [5.41, 5.74) is -3.40. The molecular weight excluding hydrogens is 571 g/mol. The maximum absolute atomic E-state index is 13.7. The lowest BCUT2D eigenvalue weighted by atomic mass is 9.83. The number of alkyl halides is 6. The molecule has 4 rings (SSSR count). The van der Waals surface area contributed by atoms with Gasteiger partial charge in [0.15, 0.2) is 0 Å². The zero-order chi connectivity index (χ0) is 31.0. The van der Waals surface area contributed by atoms with E-state index in [1.165, 1.54) is 38.2 Å². The van der Waals surface area contributed by atoms with Gasteiger partial charge in [-0.2, -0.15) is 26.3 Å². The predicted molar refractivity (Wildman–Crippen MR) is 138 cm³/mol. The summed E-state index contributed by atoms with van der Waals surface area (Å²) < 4.78 is 94.3. The Labute approximate surface area is 238 Å². The highest BCUT2D eigenvalue weighted by Gasteiger charge is 2.41. The van der Waals surface area contributed by atoms with Gasteiger partial charge in [0.25, 0.3) is 5.91 Å². The number of hydrogen-bond acceptors (Lipinski definition) is 3. The van der Waals surface area contributed by atoms with Gasteiger partial charge >= 0.3 is 12.4 Å². The number of rotatable bonds is 4. The quantitative estimate of drug-likeness (QED) is 0.431. The monoisotopic (exact) mass is 601 g/mol. The van der Waals surface area contributed by atoms with Crippen LogP contribution in [-0.2, 0) is 21.9 Å². The van der Waals surface area contributed by atoms with Crippen LogP contribution in [0.2, 0.25) is 0 Å². The highest BCUT2D eigenvalue weighted by atomic mass is 19.4. The summed E-state index contributed by atoms with van der Waals surface area (Å²) in [7, 11) is 1.30. The average molecular weight is 602 g/mol. The second-order valence-electron chi connectivity index (χ2n) is 10.8. The van der Waals surface area contributed by atoms with E-state index in [9.17, 15) is 45.1 Å². The third-order valence-corrected chi connectivity index (χ3v) is 8.13. The molecule has 2 aromatic rings. The van der Waals surface area contributed by atoms with E-state index in [1.807, 2.05) is 0 Å². The molecule has 2 saturated heterocycles. The molecule has 0 aliphatic carbocycles. The number of piperidine rings is 2. The van der Waals surface area contributed by atoms with Crippen molar-refractivity contribution in [3.63, 3.8) is 0 Å². The van der Waals surface area contributed by atoms with Crippen LogP contribution in [0.1, 0.15) is 59.2 Å². The van der Waals surface area contributed by atoms with Crippen LogP contribution >= 0.6 is 0 Å². The lowest BCUT2D eigenvalue weighted by Gasteiger charge is -2.44. The Hall–Kier alpha value is -3.64. The summed E-state index contributed by atoms with van der Waals surface area (Å²) in [5.74, 6) is -2.69. The van der Waals surface area contributed by atoms with Crippen LogP contribution in [0.15, 0.2) is 42.5 Å². The second kappa shape index (κ2) is 11.9. The van der Waals surface area contributed by atoms with Gasteiger partial charge in [-0.15, -0.1) is 0 Å². The molecule has 0 radical (unpaired) electrons. The van der Waals surface area contributed by atoms with Gasteiger partial charge in [-0.25, -0.2) is 4.39 Å². The van der Waals surface area contributed by atoms with Crippen molar-refractivity contribution in [3.8, 4) is 0 Å². The van der Waals surface area contributed by atoms with Crippen molar-refractivity contribution in [2.45, 2.75) is 50.5 Å². The Morgan fingerprint density at radius 1 is 0.810 bits per heavy atom. The van der Waals surface area contributed by atoms with Crippen LogP contribution < -0.4 is 0 Å². The van der Waals surface area contributed by atoms with Gasteiger partial charge in [0.05, 0.1) is 11.1 Å². The molecule has 2 fully saturated rings. The molecule has 228 valence electrons. The molecule has 0 bridgehead atoms. The summed E-state index contributed by atoms with van der Waals surface area (Å²) in [6.45, 7) is 2.65. The first-order valence-electron chi connectivity index (χ1n) is 13.4. The first kappa shape index (κ1) is 31.3. The second-order valence-corrected chi connectivity index (χ2v) is 10.8. The number of carbonyl (C=O) groups is 3. The van der Waals surface area contributed by atoms with Crippen molar-refractivity contribution in [2.75, 3.05) is 33.2 Å². The number of nitrogens with zero attached hydrogens (tertiary/aromatic N) is 3. The fraction of sp³-hybridized carbons (Fsp3) is 0.483. The number of likely N-dealkylation sites (tertiary alicyclic amines) is 2. The first-order valence-corrected chi connectivity index (χ1v) is 13.4. The molecule has 3 amide bonds. The topological polar surface area (TPSA) is 60.9 Å². The van der Waals surface area contributed by atoms with Crippen molar-refractivity contribution in [2.24, 2.45) is 5.92 Å². The maximum atomic E-state index is 13.7. The Morgan fingerprint density at radius 2 is 1.33 bits per heavy atom. The van der Waals surface area contributed by atoms with Crippen LogP contribution in [-0.4, -0.2) is 71.7 Å². The van der Waals surface area contributed by atoms with Crippen LogP contribution in [0, 0.1) is 11.7 Å². The first-order chi connectivity index (χ1) is 19.6. The van der Waals surface area contributed by atoms with Crippen LogP contribution in [0.4, 0.5) is 30.7 Å². The normalized spacial score (nSPS) is 20.4. The molecule has 2 aliphatic rings. The molecule has 2 heterocycles. The Bertz CT molecular complexity index is 1290. The molecule has 2 aromatic carbocycles. The number of halogens is 7. The fourth-order valence-corrected chi connectivity index (χ4v) is 5.77. The number of amides is 3. The number of likely N-dealkylation sites (N-methyl/N-ethyl adjacent to an activating group) is 1. The van der Waals surface area contributed by atoms with E-state index in [2.05, 4.69) is 0 Å². The van der Waals surface area contributed by atoms with E-state index in [0.717, 1.165) is 4.90 Å². The van der Waals surface area contributed by atoms with Crippen LogP contribution in [0.3, 0.4) is 0 Å². The van der Waals surface area contributed by atoms with Crippen molar-refractivity contribution < 1.29 is 45.1 Å². The molecule has 0 spiro atoms. The standard InChI is InChI=1S/C29H30F7N3O3/c1-17(40)38-10-7-19(8-11-38)27(42)39-12-9-25(24(16-39)18-3-5-23(30)6-4-18)37(2)26(41)20-13-21(28(31,32)33)15-22(14-20)29(34,35)36/h3-6,13-15,19,24-25H,7-12,16H2,1-2H3/t24-,25+/m0/s1. The van der Waals surface area contributed by atoms with E-state index >= 15 is 0 Å². The third kappa shape index (κ3) is 6.87. The molecule has 0 N–H and O–H groups in total. The van der Waals surface area contributed by atoms with Crippen molar-refractivity contribution in [1.82, 2.24) is 14.7 Å². The molecule has 2 atom stereocenters. The summed E-state index contributed by atoms with van der Waals surface area (Å²) in [6, 6.07) is 5.41. The Balaban J connectivity index is 1.61. The smallest absolute Gasteiger partial charge is 0.343 e. The van der Waals surface area contributed by atoms with E-state index in [1.54, 1.807) is 9.80 Å². The minimum Gasteiger partial charge on any atom is -0.343 e. The molecule has 0 unspecified atom stereocenters. The predicted octanol–water partition coefficient (Wildman–Crippen LogP) is 5.58. The molecule has 6 nitrogen and oxygen atoms in total. The van der Waals surface area contributed by atoms with Crippen molar-refractivity contribution in [1.29, 1.82) is 0 Å². The van der Waals surface area contributed by atoms with E-state index in [4.69, 9.17) is 0 Å². The van der Waals surface area contributed by atoms with Crippen LogP contribution in [0.25, 0.3) is 0 Å². The lowest BCUT2D eigenvalue weighted by molar-refractivity contribution is -0.143. The van der Waals surface area contributed by atoms with Gasteiger partial charge in [0.1, 0.15) is 5.82 Å². The summed E-state index contributed by atoms with van der Waals surface area (Å²) in [5, 5.41) is 0. The van der Waals surface area contributed by atoms with Gasteiger partial charge in [0.2, 0.25) is 11.8 Å². The minimum absolute atomic E-state index is 0.0386. The summed E-state index contributed by atoms with van der Waals surface area (Å²) in [4.78, 5) is 42.9. The number of hydrogen-bond donors (Lipinski definition) is 0. The average Bonchev–Trinajstić information content (AvgIpc) is 2.95. The van der Waals surface area contributed by atoms with E-state index in [0.29, 0.717) is 43.6 Å². The van der Waals surface area contributed by atoms with Crippen LogP contribution in [0.5, 0.6) is 0 Å². The molecular formula is C29H30F7N3O3. The Morgan fingerprint density at radius 3 is 1.83 bits per heavy atom. The van der Waals surface area contributed by atoms with Crippen molar-refractivity contribution in [3.05, 3.63) is 70.5 Å². The van der Waals surface area contributed by atoms with Crippen molar-refractivity contribution >= 4 is 17.7 Å². The minimum atomic E-state index is -5.11. The van der Waals surface area contributed by atoms with E-state index in [-0.39, 0.29) is 43.3 Å². The highest BCUT2D eigenvalue weighted by molar-refractivity contribution is 5.95. The fourth-order valence-electron chi connectivity index (χ4n) is 5.77. The molecule has 13 heteroatoms. The Kier molecular flexibility index (Phi) is 8.89. The molecule has 0 aromatic heterocycles. The lowest BCUT2D eigenvalue weighted by Crippen LogP contribution is -2.53. The van der Waals surface area contributed by atoms with Gasteiger partial charge < -0.3 is 14.7 Å².